The smallest absolute Gasteiger partial charge is 0.318 e. The molecule has 1 aromatic carbocycles. The summed E-state index contributed by atoms with van der Waals surface area (Å²) in [5, 5.41) is 2.83. The van der Waals surface area contributed by atoms with E-state index in [0.717, 1.165) is 16.6 Å². The van der Waals surface area contributed by atoms with Crippen LogP contribution in [0.3, 0.4) is 0 Å². The molecule has 2 aromatic rings. The van der Waals surface area contributed by atoms with E-state index in [-0.39, 0.29) is 12.6 Å². The topological polar surface area (TPSA) is 45.2 Å². The van der Waals surface area contributed by atoms with E-state index in [1.807, 2.05) is 6.92 Å². The fraction of sp³-hybridized carbons (Fsp3) is 0.333. The van der Waals surface area contributed by atoms with Crippen LogP contribution in [-0.4, -0.2) is 22.5 Å². The van der Waals surface area contributed by atoms with E-state index in [4.69, 9.17) is 0 Å². The lowest BCUT2D eigenvalue weighted by atomic mass is 9.99. The molecule has 0 unspecified atom stereocenters. The molecule has 0 saturated carbocycles. The molecular weight excluding hydrogens is 308 g/mol. The molecule has 0 radical (unpaired) electrons. The molecule has 0 bridgehead atoms. The highest BCUT2D eigenvalue weighted by atomic mass is 32.1. The minimum Gasteiger partial charge on any atom is -0.333 e. The lowest BCUT2D eigenvalue weighted by molar-refractivity contribution is 0.191. The first kappa shape index (κ1) is 14.9. The molecule has 22 heavy (non-hydrogen) atoms. The number of nitrogens with zero attached hydrogens (tertiary/aromatic N) is 2. The predicted octanol–water partition coefficient (Wildman–Crippen LogP) is 3.00. The van der Waals surface area contributed by atoms with Gasteiger partial charge >= 0.3 is 6.03 Å². The van der Waals surface area contributed by atoms with Gasteiger partial charge in [0.25, 0.3) is 0 Å². The van der Waals surface area contributed by atoms with Crippen molar-refractivity contribution in [2.45, 2.75) is 26.4 Å². The summed E-state index contributed by atoms with van der Waals surface area (Å²) in [5.74, 6) is -1.14. The molecule has 0 atom stereocenters. The van der Waals surface area contributed by atoms with Gasteiger partial charge in [-0.05, 0) is 30.5 Å². The van der Waals surface area contributed by atoms with Crippen molar-refractivity contribution < 1.29 is 13.6 Å². The van der Waals surface area contributed by atoms with Gasteiger partial charge in [-0.1, -0.05) is 0 Å². The van der Waals surface area contributed by atoms with Gasteiger partial charge in [-0.25, -0.2) is 18.6 Å². The number of aryl methyl sites for hydroxylation is 1. The van der Waals surface area contributed by atoms with Gasteiger partial charge in [0.1, 0.15) is 11.6 Å². The van der Waals surface area contributed by atoms with Gasteiger partial charge in [0.05, 0.1) is 17.7 Å². The Kier molecular flexibility index (Phi) is 4.06. The summed E-state index contributed by atoms with van der Waals surface area (Å²) in [6.07, 6.45) is 0.397. The third kappa shape index (κ3) is 2.94. The predicted molar refractivity (Wildman–Crippen MR) is 79.6 cm³/mol. The van der Waals surface area contributed by atoms with E-state index in [9.17, 15) is 13.6 Å². The number of hydrogen-bond acceptors (Lipinski definition) is 3. The number of rotatable bonds is 2. The van der Waals surface area contributed by atoms with E-state index in [1.54, 1.807) is 10.4 Å². The number of hydrogen-bond donors (Lipinski definition) is 1. The summed E-state index contributed by atoms with van der Waals surface area (Å²) in [6.45, 7) is 2.94. The maximum atomic E-state index is 13.7. The zero-order chi connectivity index (χ0) is 15.7. The Bertz CT molecular complexity index is 717. The van der Waals surface area contributed by atoms with Gasteiger partial charge in [0.2, 0.25) is 0 Å². The Morgan fingerprint density at radius 2 is 2.27 bits per heavy atom. The zero-order valence-corrected chi connectivity index (χ0v) is 12.8. The summed E-state index contributed by atoms with van der Waals surface area (Å²) >= 11 is 1.49. The highest BCUT2D eigenvalue weighted by Gasteiger charge is 2.23. The normalized spacial score (nSPS) is 13.9. The van der Waals surface area contributed by atoms with Crippen molar-refractivity contribution >= 4 is 17.4 Å². The minimum absolute atomic E-state index is 0.220. The van der Waals surface area contributed by atoms with Crippen LogP contribution >= 0.6 is 11.3 Å². The molecule has 3 rings (SSSR count). The fourth-order valence-electron chi connectivity index (χ4n) is 2.55. The molecule has 0 fully saturated rings. The number of benzene rings is 1. The Balaban J connectivity index is 1.66. The first-order valence-corrected chi connectivity index (χ1v) is 7.81. The molecule has 0 spiro atoms. The summed E-state index contributed by atoms with van der Waals surface area (Å²) in [5.41, 5.74) is 3.68. The first-order chi connectivity index (χ1) is 10.5. The minimum atomic E-state index is -0.612. The third-order valence-electron chi connectivity index (χ3n) is 3.78. The Morgan fingerprint density at radius 1 is 1.45 bits per heavy atom. The van der Waals surface area contributed by atoms with Gasteiger partial charge in [0, 0.05) is 24.0 Å². The Hall–Kier alpha value is -2.02. The van der Waals surface area contributed by atoms with Crippen molar-refractivity contribution in [2.75, 3.05) is 6.54 Å². The van der Waals surface area contributed by atoms with Gasteiger partial charge in [-0.2, -0.15) is 0 Å². The first-order valence-electron chi connectivity index (χ1n) is 6.93. The van der Waals surface area contributed by atoms with E-state index >= 15 is 0 Å². The van der Waals surface area contributed by atoms with Crippen molar-refractivity contribution in [1.29, 1.82) is 0 Å². The summed E-state index contributed by atoms with van der Waals surface area (Å²) in [4.78, 5) is 18.9. The second-order valence-electron chi connectivity index (χ2n) is 5.22. The number of thiazole rings is 1. The molecule has 1 aliphatic rings. The number of amides is 2. The number of carbonyl (C=O) groups is 1. The molecule has 0 aliphatic carbocycles. The van der Waals surface area contributed by atoms with Crippen LogP contribution in [0.4, 0.5) is 13.6 Å². The van der Waals surface area contributed by atoms with Crippen molar-refractivity contribution in [3.8, 4) is 0 Å². The van der Waals surface area contributed by atoms with Crippen LogP contribution in [0.25, 0.3) is 0 Å². The van der Waals surface area contributed by atoms with E-state index in [0.29, 0.717) is 30.6 Å². The van der Waals surface area contributed by atoms with Crippen molar-refractivity contribution in [3.05, 3.63) is 51.0 Å². The second-order valence-corrected chi connectivity index (χ2v) is 6.16. The molecule has 116 valence electrons. The number of halogens is 2. The fourth-order valence-corrected chi connectivity index (χ4v) is 3.26. The molecule has 0 saturated heterocycles. The van der Waals surface area contributed by atoms with Gasteiger partial charge in [0.15, 0.2) is 0 Å². The SMILES string of the molecule is Cc1ncsc1CNC(=O)N1CCc2c(F)cc(F)cc2C1. The van der Waals surface area contributed by atoms with Crippen molar-refractivity contribution in [1.82, 2.24) is 15.2 Å². The number of carbonyl (C=O) groups excluding carboxylic acids is 1. The van der Waals surface area contributed by atoms with Crippen molar-refractivity contribution in [2.24, 2.45) is 0 Å². The molecule has 4 nitrogen and oxygen atoms in total. The lowest BCUT2D eigenvalue weighted by Crippen LogP contribution is -2.42. The molecular formula is C15H15F2N3OS. The third-order valence-corrected chi connectivity index (χ3v) is 4.71. The number of urea groups is 1. The molecule has 2 heterocycles. The van der Waals surface area contributed by atoms with Crippen molar-refractivity contribution in [3.63, 3.8) is 0 Å². The molecule has 1 N–H and O–H groups in total. The number of fused-ring (bicyclic) bond motifs is 1. The highest BCUT2D eigenvalue weighted by molar-refractivity contribution is 7.09. The van der Waals surface area contributed by atoms with Crippen LogP contribution in [0.2, 0.25) is 0 Å². The average molecular weight is 323 g/mol. The Morgan fingerprint density at radius 3 is 3.00 bits per heavy atom. The average Bonchev–Trinajstić information content (AvgIpc) is 2.89. The summed E-state index contributed by atoms with van der Waals surface area (Å²) in [7, 11) is 0. The lowest BCUT2D eigenvalue weighted by Gasteiger charge is -2.29. The molecule has 1 aromatic heterocycles. The summed E-state index contributed by atoms with van der Waals surface area (Å²) in [6, 6.07) is 1.95. The van der Waals surface area contributed by atoms with E-state index in [1.165, 1.54) is 17.4 Å². The number of nitrogens with one attached hydrogen (secondary N) is 1. The van der Waals surface area contributed by atoms with Crippen LogP contribution in [-0.2, 0) is 19.5 Å². The second kappa shape index (κ2) is 6.00. The van der Waals surface area contributed by atoms with Crippen LogP contribution in [0.15, 0.2) is 17.6 Å². The molecule has 2 amide bonds. The van der Waals surface area contributed by atoms with Crippen LogP contribution < -0.4 is 5.32 Å². The monoisotopic (exact) mass is 323 g/mol. The molecule has 1 aliphatic heterocycles. The maximum absolute atomic E-state index is 13.7. The standard InChI is InChI=1S/C15H15F2N3OS/c1-9-14(22-8-19-9)6-18-15(21)20-3-2-12-10(7-20)4-11(16)5-13(12)17/h4-5,8H,2-3,6-7H2,1H3,(H,18,21). The Labute approximate surface area is 130 Å². The van der Waals surface area contributed by atoms with Gasteiger partial charge in [-0.3, -0.25) is 0 Å². The van der Waals surface area contributed by atoms with Gasteiger partial charge < -0.3 is 10.2 Å². The largest absolute Gasteiger partial charge is 0.333 e. The highest BCUT2D eigenvalue weighted by Crippen LogP contribution is 2.23. The van der Waals surface area contributed by atoms with Crippen LogP contribution in [0.5, 0.6) is 0 Å². The zero-order valence-electron chi connectivity index (χ0n) is 12.0. The quantitative estimate of drug-likeness (QED) is 0.923. The molecule has 7 heteroatoms. The van der Waals surface area contributed by atoms with E-state index in [2.05, 4.69) is 10.3 Å². The van der Waals surface area contributed by atoms with E-state index < -0.39 is 11.6 Å². The maximum Gasteiger partial charge on any atom is 0.318 e. The van der Waals surface area contributed by atoms with Gasteiger partial charge in [-0.15, -0.1) is 11.3 Å². The number of aromatic nitrogens is 1. The van der Waals surface area contributed by atoms with Crippen LogP contribution in [0, 0.1) is 18.6 Å². The summed E-state index contributed by atoms with van der Waals surface area (Å²) < 4.78 is 27.0. The van der Waals surface area contributed by atoms with Crippen LogP contribution in [0.1, 0.15) is 21.7 Å².